The first kappa shape index (κ1) is 28.2. The third-order valence-corrected chi connectivity index (χ3v) is 9.42. The Bertz CT molecular complexity index is 2870. The van der Waals surface area contributed by atoms with E-state index in [1.54, 1.807) is 0 Å². The maximum atomic E-state index is 6.71. The van der Waals surface area contributed by atoms with Crippen LogP contribution in [0.4, 0.5) is 0 Å². The average Bonchev–Trinajstić information content (AvgIpc) is 3.77. The minimum atomic E-state index is 0.649. The van der Waals surface area contributed by atoms with E-state index in [-0.39, 0.29) is 0 Å². The van der Waals surface area contributed by atoms with Gasteiger partial charge in [-0.25, -0.2) is 9.97 Å². The lowest BCUT2D eigenvalue weighted by molar-refractivity contribution is 0.668. The van der Waals surface area contributed by atoms with Crippen LogP contribution >= 0.6 is 0 Å². The Morgan fingerprint density at radius 3 is 1.92 bits per heavy atom. The number of rotatable bonds is 5. The lowest BCUT2D eigenvalue weighted by Crippen LogP contribution is -1.96. The summed E-state index contributed by atoms with van der Waals surface area (Å²) in [5.74, 6) is 0.649. The summed E-state index contributed by atoms with van der Waals surface area (Å²) in [4.78, 5) is 14.5. The number of hydrogen-bond donors (Lipinski definition) is 0. The SMILES string of the molecule is c1ccc(-c2nc(-c3cccc(-c4ccncc4)c3)cc(-c3ccc(-c4ccc5c(c4)oc4ccccc45)c4c3oc3ccccc34)n2)cc1. The zero-order valence-electron chi connectivity index (χ0n) is 26.7. The zero-order valence-corrected chi connectivity index (χ0v) is 26.7. The van der Waals surface area contributed by atoms with E-state index >= 15 is 0 Å². The van der Waals surface area contributed by atoms with Crippen molar-refractivity contribution in [2.75, 3.05) is 0 Å². The Morgan fingerprint density at radius 1 is 0.380 bits per heavy atom. The Balaban J connectivity index is 1.19. The van der Waals surface area contributed by atoms with Gasteiger partial charge in [0.05, 0.1) is 11.4 Å². The fourth-order valence-electron chi connectivity index (χ4n) is 7.02. The first-order valence-corrected chi connectivity index (χ1v) is 16.6. The van der Waals surface area contributed by atoms with Crippen LogP contribution in [0.25, 0.3) is 100 Å². The quantitative estimate of drug-likeness (QED) is 0.187. The number of hydrogen-bond acceptors (Lipinski definition) is 5. The standard InChI is InChI=1S/C45H27N3O2/c1-2-9-29(10-3-1)45-47-38(32-12-8-11-30(25-32)28-21-23-46-24-22-28)27-39(48-45)36-20-19-33(43-37-14-5-7-16-41(37)50-44(36)43)31-17-18-35-34-13-4-6-15-40(34)49-42(35)26-31/h1-27H. The predicted octanol–water partition coefficient (Wildman–Crippen LogP) is 12.0. The van der Waals surface area contributed by atoms with Crippen molar-refractivity contribution >= 4 is 43.9 Å². The van der Waals surface area contributed by atoms with Gasteiger partial charge < -0.3 is 8.83 Å². The van der Waals surface area contributed by atoms with E-state index in [0.717, 1.165) is 94.2 Å². The van der Waals surface area contributed by atoms with E-state index in [9.17, 15) is 0 Å². The maximum absolute atomic E-state index is 6.71. The molecule has 0 N–H and O–H groups in total. The third-order valence-electron chi connectivity index (χ3n) is 9.42. The first-order valence-electron chi connectivity index (χ1n) is 16.6. The minimum Gasteiger partial charge on any atom is -0.456 e. The molecule has 0 radical (unpaired) electrons. The summed E-state index contributed by atoms with van der Waals surface area (Å²) in [5.41, 5.74) is 12.1. The van der Waals surface area contributed by atoms with Crippen molar-refractivity contribution in [1.82, 2.24) is 15.0 Å². The highest BCUT2D eigenvalue weighted by Gasteiger charge is 2.20. The van der Waals surface area contributed by atoms with Crippen molar-refractivity contribution < 1.29 is 8.83 Å². The van der Waals surface area contributed by atoms with Crippen LogP contribution in [0.15, 0.2) is 173 Å². The van der Waals surface area contributed by atoms with Crippen LogP contribution in [-0.4, -0.2) is 15.0 Å². The lowest BCUT2D eigenvalue weighted by Gasteiger charge is -2.12. The molecule has 0 amide bonds. The molecule has 10 aromatic rings. The van der Waals surface area contributed by atoms with Gasteiger partial charge in [-0.3, -0.25) is 4.98 Å². The highest BCUT2D eigenvalue weighted by molar-refractivity contribution is 6.17. The number of fused-ring (bicyclic) bond motifs is 6. The van der Waals surface area contributed by atoms with Crippen molar-refractivity contribution in [2.24, 2.45) is 0 Å². The Hall–Kier alpha value is -6.85. The van der Waals surface area contributed by atoms with Crippen LogP contribution in [0.2, 0.25) is 0 Å². The summed E-state index contributed by atoms with van der Waals surface area (Å²) in [6.45, 7) is 0. The molecule has 0 saturated heterocycles. The molecule has 234 valence electrons. The summed E-state index contributed by atoms with van der Waals surface area (Å²) < 4.78 is 13.0. The molecule has 0 aliphatic heterocycles. The second kappa shape index (κ2) is 11.4. The van der Waals surface area contributed by atoms with E-state index in [2.05, 4.69) is 83.8 Å². The van der Waals surface area contributed by atoms with Gasteiger partial charge in [0.1, 0.15) is 22.3 Å². The van der Waals surface area contributed by atoms with Gasteiger partial charge in [-0.1, -0.05) is 97.1 Å². The van der Waals surface area contributed by atoms with Gasteiger partial charge in [0, 0.05) is 50.6 Å². The summed E-state index contributed by atoms with van der Waals surface area (Å²) in [6, 6.07) is 51.8. The first-order chi connectivity index (χ1) is 24.8. The van der Waals surface area contributed by atoms with E-state index < -0.39 is 0 Å². The Morgan fingerprint density at radius 2 is 1.06 bits per heavy atom. The molecule has 6 aromatic carbocycles. The van der Waals surface area contributed by atoms with Crippen molar-refractivity contribution in [1.29, 1.82) is 0 Å². The number of aromatic nitrogens is 3. The van der Waals surface area contributed by atoms with Crippen molar-refractivity contribution in [3.8, 4) is 56.2 Å². The molecule has 0 spiro atoms. The number of nitrogens with zero attached hydrogens (tertiary/aromatic N) is 3. The molecule has 4 aromatic heterocycles. The lowest BCUT2D eigenvalue weighted by atomic mass is 9.95. The molecule has 50 heavy (non-hydrogen) atoms. The molecule has 0 aliphatic carbocycles. The van der Waals surface area contributed by atoms with Crippen LogP contribution in [0.3, 0.4) is 0 Å². The predicted molar refractivity (Wildman–Crippen MR) is 202 cm³/mol. The second-order valence-electron chi connectivity index (χ2n) is 12.4. The number of pyridine rings is 1. The van der Waals surface area contributed by atoms with Gasteiger partial charge in [0.25, 0.3) is 0 Å². The van der Waals surface area contributed by atoms with Gasteiger partial charge in [0.15, 0.2) is 5.82 Å². The number of para-hydroxylation sites is 2. The largest absolute Gasteiger partial charge is 0.456 e. The van der Waals surface area contributed by atoms with Crippen LogP contribution in [0.1, 0.15) is 0 Å². The maximum Gasteiger partial charge on any atom is 0.160 e. The van der Waals surface area contributed by atoms with Crippen LogP contribution in [-0.2, 0) is 0 Å². The molecule has 10 rings (SSSR count). The van der Waals surface area contributed by atoms with Gasteiger partial charge in [-0.2, -0.15) is 0 Å². The molecule has 0 bridgehead atoms. The fourth-order valence-corrected chi connectivity index (χ4v) is 7.02. The average molecular weight is 642 g/mol. The second-order valence-corrected chi connectivity index (χ2v) is 12.4. The highest BCUT2D eigenvalue weighted by Crippen LogP contribution is 2.43. The van der Waals surface area contributed by atoms with Gasteiger partial charge in [-0.15, -0.1) is 0 Å². The van der Waals surface area contributed by atoms with Crippen LogP contribution in [0, 0.1) is 0 Å². The van der Waals surface area contributed by atoms with Crippen LogP contribution < -0.4 is 0 Å². The summed E-state index contributed by atoms with van der Waals surface area (Å²) in [5, 5.41) is 4.30. The van der Waals surface area contributed by atoms with E-state index in [1.165, 1.54) is 0 Å². The molecular weight excluding hydrogens is 615 g/mol. The topological polar surface area (TPSA) is 65.0 Å². The minimum absolute atomic E-state index is 0.649. The molecule has 5 heteroatoms. The van der Waals surface area contributed by atoms with Crippen molar-refractivity contribution in [3.05, 3.63) is 164 Å². The highest BCUT2D eigenvalue weighted by atomic mass is 16.3. The molecule has 0 atom stereocenters. The molecule has 4 heterocycles. The Kier molecular flexibility index (Phi) is 6.42. The molecule has 0 saturated carbocycles. The monoisotopic (exact) mass is 641 g/mol. The molecule has 0 aliphatic rings. The number of furan rings is 2. The van der Waals surface area contributed by atoms with Gasteiger partial charge in [0.2, 0.25) is 0 Å². The van der Waals surface area contributed by atoms with Crippen molar-refractivity contribution in [3.63, 3.8) is 0 Å². The third kappa shape index (κ3) is 4.67. The van der Waals surface area contributed by atoms with Crippen molar-refractivity contribution in [2.45, 2.75) is 0 Å². The Labute approximate surface area is 287 Å². The summed E-state index contributed by atoms with van der Waals surface area (Å²) >= 11 is 0. The fraction of sp³-hybridized carbons (Fsp3) is 0. The summed E-state index contributed by atoms with van der Waals surface area (Å²) in [6.07, 6.45) is 3.63. The number of benzene rings is 6. The normalized spacial score (nSPS) is 11.6. The van der Waals surface area contributed by atoms with Gasteiger partial charge in [-0.05, 0) is 76.9 Å². The molecule has 5 nitrogen and oxygen atoms in total. The molecule has 0 fully saturated rings. The summed E-state index contributed by atoms with van der Waals surface area (Å²) in [7, 11) is 0. The smallest absolute Gasteiger partial charge is 0.160 e. The zero-order chi connectivity index (χ0) is 33.0. The van der Waals surface area contributed by atoms with E-state index in [0.29, 0.717) is 5.82 Å². The molecule has 0 unspecified atom stereocenters. The van der Waals surface area contributed by atoms with Gasteiger partial charge >= 0.3 is 0 Å². The van der Waals surface area contributed by atoms with Crippen LogP contribution in [0.5, 0.6) is 0 Å². The molecular formula is C45H27N3O2. The van der Waals surface area contributed by atoms with E-state index in [4.69, 9.17) is 18.8 Å². The van der Waals surface area contributed by atoms with E-state index in [1.807, 2.05) is 85.2 Å².